The minimum Gasteiger partial charge on any atom is -0.455 e. The van der Waals surface area contributed by atoms with E-state index < -0.39 is 0 Å². The van der Waals surface area contributed by atoms with E-state index in [-0.39, 0.29) is 0 Å². The average Bonchev–Trinajstić information content (AvgIpc) is 3.59. The van der Waals surface area contributed by atoms with Crippen LogP contribution < -0.4 is 0 Å². The smallest absolute Gasteiger partial charge is 0.143 e. The van der Waals surface area contributed by atoms with E-state index in [0.29, 0.717) is 0 Å². The van der Waals surface area contributed by atoms with Crippen LogP contribution in [0.25, 0.3) is 109 Å². The summed E-state index contributed by atoms with van der Waals surface area (Å²) < 4.78 is 6.67. The Balaban J connectivity index is 1.13. The van der Waals surface area contributed by atoms with Gasteiger partial charge in [-0.25, -0.2) is 0 Å². The minimum absolute atomic E-state index is 0.948. The SMILES string of the molecule is c1ccc(-c2c3ccccc3c(-c3ccc(-c4ccc5c(ccc6c7ccc8ccccc8c7oc56)c4)c4ccccc34)c3ccccc23)cc1. The molecule has 236 valence electrons. The predicted octanol–water partition coefficient (Wildman–Crippen LogP) is 14.4. The fraction of sp³-hybridized carbons (Fsp3) is 0. The lowest BCUT2D eigenvalue weighted by molar-refractivity contribution is 0.676. The molecule has 0 radical (unpaired) electrons. The summed E-state index contributed by atoms with van der Waals surface area (Å²) in [5.74, 6) is 0. The number of fused-ring (bicyclic) bond motifs is 10. The fourth-order valence-corrected chi connectivity index (χ4v) is 8.56. The van der Waals surface area contributed by atoms with Gasteiger partial charge in [0, 0.05) is 21.5 Å². The standard InChI is InChI=1S/C50H30O/c1-2-13-32(14-3-1)47-40-18-8-10-20-42(40)48(43-21-11-9-19-41(43)47)44-29-28-35(38-16-6-7-17-39(38)44)33-23-25-37-34(30-33)24-27-46-45-26-22-31-12-4-5-15-36(31)49(45)51-50(37)46/h1-30H. The molecule has 0 bridgehead atoms. The molecule has 11 aromatic rings. The molecule has 0 spiro atoms. The van der Waals surface area contributed by atoms with Crippen LogP contribution in [-0.4, -0.2) is 0 Å². The van der Waals surface area contributed by atoms with E-state index in [1.165, 1.54) is 76.5 Å². The van der Waals surface area contributed by atoms with Crippen LogP contribution in [-0.2, 0) is 0 Å². The number of rotatable bonds is 3. The van der Waals surface area contributed by atoms with E-state index in [1.54, 1.807) is 0 Å². The molecule has 0 aliphatic rings. The Kier molecular flexibility index (Phi) is 6.02. The Hall–Kier alpha value is -6.70. The topological polar surface area (TPSA) is 13.1 Å². The summed E-state index contributed by atoms with van der Waals surface area (Å²) in [6.45, 7) is 0. The first-order valence-electron chi connectivity index (χ1n) is 17.6. The van der Waals surface area contributed by atoms with Gasteiger partial charge in [0.2, 0.25) is 0 Å². The second-order valence-electron chi connectivity index (χ2n) is 13.6. The van der Waals surface area contributed by atoms with Crippen LogP contribution in [0.2, 0.25) is 0 Å². The molecule has 0 amide bonds. The van der Waals surface area contributed by atoms with Crippen molar-refractivity contribution in [3.63, 3.8) is 0 Å². The first-order valence-corrected chi connectivity index (χ1v) is 17.6. The van der Waals surface area contributed by atoms with E-state index in [2.05, 4.69) is 182 Å². The lowest BCUT2D eigenvalue weighted by Crippen LogP contribution is -1.92. The molecule has 0 atom stereocenters. The Morgan fingerprint density at radius 2 is 0.725 bits per heavy atom. The Morgan fingerprint density at radius 1 is 0.255 bits per heavy atom. The molecule has 1 nitrogen and oxygen atoms in total. The fourth-order valence-electron chi connectivity index (χ4n) is 8.56. The van der Waals surface area contributed by atoms with Crippen molar-refractivity contribution in [2.45, 2.75) is 0 Å². The molecular weight excluding hydrogens is 617 g/mol. The maximum atomic E-state index is 6.67. The molecule has 0 aliphatic carbocycles. The van der Waals surface area contributed by atoms with Crippen LogP contribution in [0.4, 0.5) is 0 Å². The van der Waals surface area contributed by atoms with Gasteiger partial charge in [-0.05, 0) is 101 Å². The van der Waals surface area contributed by atoms with Gasteiger partial charge >= 0.3 is 0 Å². The lowest BCUT2D eigenvalue weighted by atomic mass is 9.84. The highest BCUT2D eigenvalue weighted by atomic mass is 16.3. The second kappa shape index (κ2) is 10.9. The van der Waals surface area contributed by atoms with Crippen molar-refractivity contribution in [2.24, 2.45) is 0 Å². The van der Waals surface area contributed by atoms with Crippen LogP contribution in [0.1, 0.15) is 0 Å². The quantitative estimate of drug-likeness (QED) is 0.174. The summed E-state index contributed by atoms with van der Waals surface area (Å²) in [7, 11) is 0. The van der Waals surface area contributed by atoms with E-state index in [4.69, 9.17) is 4.42 Å². The highest BCUT2D eigenvalue weighted by molar-refractivity contribution is 6.25. The number of hydrogen-bond donors (Lipinski definition) is 0. The maximum Gasteiger partial charge on any atom is 0.143 e. The average molecular weight is 647 g/mol. The van der Waals surface area contributed by atoms with Crippen LogP contribution in [0.3, 0.4) is 0 Å². The molecule has 10 aromatic carbocycles. The van der Waals surface area contributed by atoms with Gasteiger partial charge in [0.05, 0.1) is 0 Å². The van der Waals surface area contributed by atoms with Crippen LogP contribution in [0.5, 0.6) is 0 Å². The molecule has 0 N–H and O–H groups in total. The summed E-state index contributed by atoms with van der Waals surface area (Å²) in [5, 5.41) is 14.5. The van der Waals surface area contributed by atoms with Gasteiger partial charge in [0.15, 0.2) is 0 Å². The van der Waals surface area contributed by atoms with Crippen molar-refractivity contribution in [3.05, 3.63) is 182 Å². The summed E-state index contributed by atoms with van der Waals surface area (Å²) >= 11 is 0. The van der Waals surface area contributed by atoms with Gasteiger partial charge in [0.25, 0.3) is 0 Å². The van der Waals surface area contributed by atoms with E-state index in [1.807, 2.05) is 0 Å². The van der Waals surface area contributed by atoms with E-state index in [9.17, 15) is 0 Å². The summed E-state index contributed by atoms with van der Waals surface area (Å²) in [6, 6.07) is 66.3. The first kappa shape index (κ1) is 28.2. The number of hydrogen-bond acceptors (Lipinski definition) is 1. The molecular formula is C50H30O. The van der Waals surface area contributed by atoms with Crippen molar-refractivity contribution in [3.8, 4) is 33.4 Å². The lowest BCUT2D eigenvalue weighted by Gasteiger charge is -2.19. The molecule has 0 aliphatic heterocycles. The number of benzene rings is 10. The van der Waals surface area contributed by atoms with Crippen LogP contribution >= 0.6 is 0 Å². The largest absolute Gasteiger partial charge is 0.455 e. The maximum absolute atomic E-state index is 6.67. The van der Waals surface area contributed by atoms with Crippen molar-refractivity contribution < 1.29 is 4.42 Å². The van der Waals surface area contributed by atoms with Gasteiger partial charge in [-0.3, -0.25) is 0 Å². The van der Waals surface area contributed by atoms with Crippen molar-refractivity contribution in [2.75, 3.05) is 0 Å². The van der Waals surface area contributed by atoms with E-state index in [0.717, 1.165) is 32.7 Å². The van der Waals surface area contributed by atoms with Gasteiger partial charge in [-0.2, -0.15) is 0 Å². The van der Waals surface area contributed by atoms with Crippen LogP contribution in [0.15, 0.2) is 186 Å². The zero-order valence-electron chi connectivity index (χ0n) is 27.7. The Morgan fingerprint density at radius 3 is 1.39 bits per heavy atom. The molecule has 1 heteroatoms. The Labute approximate surface area is 294 Å². The summed E-state index contributed by atoms with van der Waals surface area (Å²) in [4.78, 5) is 0. The van der Waals surface area contributed by atoms with Gasteiger partial charge < -0.3 is 4.42 Å². The molecule has 0 saturated heterocycles. The second-order valence-corrected chi connectivity index (χ2v) is 13.6. The minimum atomic E-state index is 0.948. The zero-order chi connectivity index (χ0) is 33.5. The molecule has 51 heavy (non-hydrogen) atoms. The molecule has 1 aromatic heterocycles. The summed E-state index contributed by atoms with van der Waals surface area (Å²) in [5.41, 5.74) is 9.37. The zero-order valence-corrected chi connectivity index (χ0v) is 27.7. The third-order valence-electron chi connectivity index (χ3n) is 10.8. The Bertz CT molecular complexity index is 3130. The highest BCUT2D eigenvalue weighted by Crippen LogP contribution is 2.47. The molecule has 0 saturated carbocycles. The first-order chi connectivity index (χ1) is 25.3. The van der Waals surface area contributed by atoms with Crippen molar-refractivity contribution in [1.82, 2.24) is 0 Å². The predicted molar refractivity (Wildman–Crippen MR) is 218 cm³/mol. The molecule has 1 heterocycles. The third kappa shape index (κ3) is 4.16. The number of furan rings is 1. The van der Waals surface area contributed by atoms with Crippen molar-refractivity contribution in [1.29, 1.82) is 0 Å². The molecule has 11 rings (SSSR count). The van der Waals surface area contributed by atoms with Crippen molar-refractivity contribution >= 4 is 75.8 Å². The molecule has 0 unspecified atom stereocenters. The van der Waals surface area contributed by atoms with Gasteiger partial charge in [0.1, 0.15) is 11.2 Å². The van der Waals surface area contributed by atoms with Crippen LogP contribution in [0, 0.1) is 0 Å². The third-order valence-corrected chi connectivity index (χ3v) is 10.8. The normalized spacial score (nSPS) is 11.9. The monoisotopic (exact) mass is 646 g/mol. The van der Waals surface area contributed by atoms with Gasteiger partial charge in [-0.15, -0.1) is 0 Å². The van der Waals surface area contributed by atoms with Gasteiger partial charge in [-0.1, -0.05) is 158 Å². The highest BCUT2D eigenvalue weighted by Gasteiger charge is 2.19. The summed E-state index contributed by atoms with van der Waals surface area (Å²) in [6.07, 6.45) is 0. The molecule has 0 fully saturated rings. The van der Waals surface area contributed by atoms with E-state index >= 15 is 0 Å².